The molecule has 0 fully saturated rings. The van der Waals surface area contributed by atoms with Gasteiger partial charge in [-0.25, -0.2) is 4.99 Å². The Kier molecular flexibility index (Phi) is 3.52. The summed E-state index contributed by atoms with van der Waals surface area (Å²) in [6.07, 6.45) is 15.4. The maximum atomic E-state index is 4.91. The molecule has 9 rings (SSSR count). The van der Waals surface area contributed by atoms with Gasteiger partial charge in [-0.1, -0.05) is 42.5 Å². The first-order valence-corrected chi connectivity index (χ1v) is 11.7. The minimum absolute atomic E-state index is 0.300. The fourth-order valence-corrected chi connectivity index (χ4v) is 5.95. The molecule has 2 unspecified atom stereocenters. The van der Waals surface area contributed by atoms with Crippen molar-refractivity contribution in [1.29, 1.82) is 0 Å². The summed E-state index contributed by atoms with van der Waals surface area (Å²) in [6.45, 7) is 2.00. The smallest absolute Gasteiger partial charge is 0.142 e. The van der Waals surface area contributed by atoms with Gasteiger partial charge in [0.05, 0.1) is 11.4 Å². The molecule has 164 valence electrons. The van der Waals surface area contributed by atoms with E-state index < -0.39 is 0 Å². The van der Waals surface area contributed by atoms with E-state index in [1.807, 2.05) is 12.3 Å². The van der Waals surface area contributed by atoms with Gasteiger partial charge in [0, 0.05) is 67.0 Å². The van der Waals surface area contributed by atoms with Crippen molar-refractivity contribution < 1.29 is 0 Å². The number of pyridine rings is 1. The predicted octanol–water partition coefficient (Wildman–Crippen LogP) is 5.05. The number of rotatable bonds is 1. The zero-order valence-electron chi connectivity index (χ0n) is 18.5. The highest BCUT2D eigenvalue weighted by atomic mass is 15.4. The van der Waals surface area contributed by atoms with E-state index in [2.05, 4.69) is 110 Å². The summed E-state index contributed by atoms with van der Waals surface area (Å²) in [4.78, 5) is 18.6. The van der Waals surface area contributed by atoms with Crippen LogP contribution < -0.4 is 0 Å². The molecule has 0 saturated carbocycles. The third-order valence-electron chi connectivity index (χ3n) is 7.44. The number of amidine groups is 1. The molecule has 6 heteroatoms. The summed E-state index contributed by atoms with van der Waals surface area (Å²) in [6, 6.07) is 19.0. The lowest BCUT2D eigenvalue weighted by atomic mass is 10.0. The Morgan fingerprint density at radius 1 is 0.706 bits per heavy atom. The summed E-state index contributed by atoms with van der Waals surface area (Å²) in [5.41, 5.74) is 9.00. The Bertz CT molecular complexity index is 1450. The average Bonchev–Trinajstić information content (AvgIpc) is 3.64. The number of hydrogen-bond donors (Lipinski definition) is 0. The van der Waals surface area contributed by atoms with Crippen molar-refractivity contribution in [2.45, 2.75) is 25.4 Å². The van der Waals surface area contributed by atoms with Crippen LogP contribution in [0.4, 0.5) is 5.69 Å². The van der Waals surface area contributed by atoms with Gasteiger partial charge in [-0.3, -0.25) is 4.98 Å². The van der Waals surface area contributed by atoms with E-state index in [0.29, 0.717) is 12.3 Å². The van der Waals surface area contributed by atoms with E-state index in [1.165, 1.54) is 27.8 Å². The van der Waals surface area contributed by atoms with Crippen LogP contribution in [0.2, 0.25) is 0 Å². The quantitative estimate of drug-likeness (QED) is 0.528. The van der Waals surface area contributed by atoms with E-state index in [1.54, 1.807) is 0 Å². The monoisotopic (exact) mass is 442 g/mol. The number of benzene rings is 2. The zero-order valence-corrected chi connectivity index (χ0v) is 18.5. The van der Waals surface area contributed by atoms with Crippen molar-refractivity contribution in [2.24, 2.45) is 4.99 Å². The summed E-state index contributed by atoms with van der Waals surface area (Å²) in [5.74, 6) is 1.04. The normalized spacial score (nSPS) is 22.6. The molecule has 0 radical (unpaired) electrons. The fourth-order valence-electron chi connectivity index (χ4n) is 5.95. The molecule has 2 aromatic carbocycles. The molecular weight excluding hydrogens is 420 g/mol. The van der Waals surface area contributed by atoms with E-state index in [9.17, 15) is 0 Å². The van der Waals surface area contributed by atoms with Crippen LogP contribution in [0, 0.1) is 0 Å². The lowest BCUT2D eigenvalue weighted by molar-refractivity contribution is 0.214. The van der Waals surface area contributed by atoms with Crippen LogP contribution >= 0.6 is 0 Å². The molecule has 6 aliphatic rings. The van der Waals surface area contributed by atoms with Crippen LogP contribution in [0.15, 0.2) is 96.8 Å². The van der Waals surface area contributed by atoms with Gasteiger partial charge >= 0.3 is 0 Å². The summed E-state index contributed by atoms with van der Waals surface area (Å²) < 4.78 is 0. The Balaban J connectivity index is 0.000000117. The number of aromatic nitrogens is 1. The maximum absolute atomic E-state index is 4.91. The minimum atomic E-state index is 0.300. The highest BCUT2D eigenvalue weighted by Gasteiger charge is 2.42. The largest absolute Gasteiger partial charge is 0.348 e. The van der Waals surface area contributed by atoms with Gasteiger partial charge in [-0.05, 0) is 29.3 Å². The number of nitrogens with zero attached hydrogens (tertiary/aromatic N) is 6. The standard InChI is InChI=1S/C17H13N3.C11H9N3/c1-2-5-12(6-3-1)16-18-14-8-4-7-13-11-19-9-10-20(16)17(19)15(13)14;1-3-12-9-2-4-13-5-6-14-7-8(1)10(9)11(13)14/h1-10,17H,11H2;1-6,11H,7H2. The zero-order chi connectivity index (χ0) is 22.2. The third kappa shape index (κ3) is 2.40. The van der Waals surface area contributed by atoms with Crippen molar-refractivity contribution in [3.8, 4) is 0 Å². The van der Waals surface area contributed by atoms with E-state index >= 15 is 0 Å². The Hall–Kier alpha value is -4.32. The molecule has 0 bridgehead atoms. The van der Waals surface area contributed by atoms with Crippen LogP contribution in [0.5, 0.6) is 0 Å². The second-order valence-corrected chi connectivity index (χ2v) is 9.28. The van der Waals surface area contributed by atoms with Crippen LogP contribution in [-0.4, -0.2) is 30.4 Å². The van der Waals surface area contributed by atoms with Gasteiger partial charge in [-0.2, -0.15) is 0 Å². The summed E-state index contributed by atoms with van der Waals surface area (Å²) in [7, 11) is 0. The summed E-state index contributed by atoms with van der Waals surface area (Å²) in [5, 5.41) is 0. The molecule has 1 aromatic heterocycles. The molecule has 3 aromatic rings. The number of hydrogen-bond acceptors (Lipinski definition) is 6. The van der Waals surface area contributed by atoms with Crippen molar-refractivity contribution >= 4 is 17.6 Å². The molecule has 0 spiro atoms. The molecule has 6 aliphatic heterocycles. The van der Waals surface area contributed by atoms with Crippen molar-refractivity contribution in [2.75, 3.05) is 0 Å². The summed E-state index contributed by atoms with van der Waals surface area (Å²) >= 11 is 0. The van der Waals surface area contributed by atoms with Crippen molar-refractivity contribution in [3.05, 3.63) is 125 Å². The first-order valence-electron chi connectivity index (χ1n) is 11.7. The first-order chi connectivity index (χ1) is 16.8. The Morgan fingerprint density at radius 2 is 1.53 bits per heavy atom. The van der Waals surface area contributed by atoms with Gasteiger partial charge in [0.15, 0.2) is 0 Å². The van der Waals surface area contributed by atoms with Gasteiger partial charge < -0.3 is 19.6 Å². The predicted molar refractivity (Wildman–Crippen MR) is 131 cm³/mol. The molecule has 2 atom stereocenters. The maximum Gasteiger partial charge on any atom is 0.142 e. The third-order valence-corrected chi connectivity index (χ3v) is 7.44. The SMILES string of the molecule is C1=CN2C(c3ccccc3)=Nc3cccc4c3C2N1C4.C1=CN2C=CN3Cc4ccnc1c4C23. The van der Waals surface area contributed by atoms with Crippen molar-refractivity contribution in [3.63, 3.8) is 0 Å². The first kappa shape index (κ1) is 18.1. The van der Waals surface area contributed by atoms with Gasteiger partial charge in [0.1, 0.15) is 18.2 Å². The van der Waals surface area contributed by atoms with Gasteiger partial charge in [0.25, 0.3) is 0 Å². The minimum Gasteiger partial charge on any atom is -0.348 e. The molecule has 0 saturated heterocycles. The fraction of sp³-hybridized carbons (Fsp3) is 0.143. The highest BCUT2D eigenvalue weighted by molar-refractivity contribution is 6.02. The molecule has 0 aliphatic carbocycles. The second-order valence-electron chi connectivity index (χ2n) is 9.28. The lowest BCUT2D eigenvalue weighted by Crippen LogP contribution is -2.33. The topological polar surface area (TPSA) is 38.2 Å². The van der Waals surface area contributed by atoms with Gasteiger partial charge in [-0.15, -0.1) is 0 Å². The van der Waals surface area contributed by atoms with E-state index in [0.717, 1.165) is 30.3 Å². The van der Waals surface area contributed by atoms with Crippen molar-refractivity contribution in [1.82, 2.24) is 24.6 Å². The molecular formula is C28H22N6. The highest BCUT2D eigenvalue weighted by Crippen LogP contribution is 2.48. The Morgan fingerprint density at radius 3 is 2.44 bits per heavy atom. The van der Waals surface area contributed by atoms with Gasteiger partial charge in [0.2, 0.25) is 0 Å². The molecule has 7 heterocycles. The van der Waals surface area contributed by atoms with Crippen LogP contribution in [0.1, 0.15) is 45.8 Å². The van der Waals surface area contributed by atoms with Crippen LogP contribution in [-0.2, 0) is 13.1 Å². The van der Waals surface area contributed by atoms with Crippen LogP contribution in [0.25, 0.3) is 6.08 Å². The second kappa shape index (κ2) is 6.60. The Labute approximate surface area is 198 Å². The molecule has 6 nitrogen and oxygen atoms in total. The number of aliphatic imine (C=N–C) groups is 1. The average molecular weight is 443 g/mol. The van der Waals surface area contributed by atoms with E-state index in [-0.39, 0.29) is 0 Å². The molecule has 34 heavy (non-hydrogen) atoms. The van der Waals surface area contributed by atoms with E-state index in [4.69, 9.17) is 4.99 Å². The molecule has 0 N–H and O–H groups in total. The molecule has 0 amide bonds. The lowest BCUT2D eigenvalue weighted by Gasteiger charge is -2.32. The van der Waals surface area contributed by atoms with Crippen LogP contribution in [0.3, 0.4) is 0 Å².